The number of amides is 2. The second kappa shape index (κ2) is 9.18. The maximum Gasteiger partial charge on any atom is 0.272 e. The van der Waals surface area contributed by atoms with Crippen LogP contribution in [0.5, 0.6) is 0 Å². The molecule has 2 amide bonds. The summed E-state index contributed by atoms with van der Waals surface area (Å²) in [6.07, 6.45) is 1.81. The lowest BCUT2D eigenvalue weighted by atomic mass is 10.2. The van der Waals surface area contributed by atoms with Crippen molar-refractivity contribution in [1.29, 1.82) is 0 Å². The van der Waals surface area contributed by atoms with Crippen LogP contribution in [0.2, 0.25) is 0 Å². The van der Waals surface area contributed by atoms with Gasteiger partial charge in [0.05, 0.1) is 0 Å². The van der Waals surface area contributed by atoms with E-state index in [1.165, 1.54) is 0 Å². The van der Waals surface area contributed by atoms with E-state index in [-0.39, 0.29) is 11.8 Å². The molecule has 5 nitrogen and oxygen atoms in total. The minimum absolute atomic E-state index is 0.109. The molecule has 0 saturated heterocycles. The van der Waals surface area contributed by atoms with Crippen LogP contribution in [0.25, 0.3) is 0 Å². The van der Waals surface area contributed by atoms with Crippen LogP contribution in [0.3, 0.4) is 0 Å². The average molecular weight is 305 g/mol. The van der Waals surface area contributed by atoms with Gasteiger partial charge in [-0.1, -0.05) is 33.8 Å². The zero-order valence-corrected chi connectivity index (χ0v) is 14.1. The molecule has 0 fully saturated rings. The average Bonchev–Trinajstić information content (AvgIpc) is 2.51. The van der Waals surface area contributed by atoms with Gasteiger partial charge in [0.2, 0.25) is 0 Å². The molecule has 1 N–H and O–H groups in total. The largest absolute Gasteiger partial charge is 0.350 e. The van der Waals surface area contributed by atoms with Crippen LogP contribution in [0.1, 0.15) is 61.5 Å². The Balaban J connectivity index is 2.85. The lowest BCUT2D eigenvalue weighted by molar-refractivity contribution is 0.0749. The number of nitrogens with one attached hydrogen (secondary N) is 1. The second-order valence-corrected chi connectivity index (χ2v) is 5.80. The lowest BCUT2D eigenvalue weighted by Gasteiger charge is -2.21. The minimum atomic E-state index is -0.235. The summed E-state index contributed by atoms with van der Waals surface area (Å²) >= 11 is 0. The molecule has 0 unspecified atom stereocenters. The van der Waals surface area contributed by atoms with E-state index < -0.39 is 0 Å². The Morgan fingerprint density at radius 1 is 1.14 bits per heavy atom. The van der Waals surface area contributed by atoms with E-state index in [0.717, 1.165) is 12.8 Å². The molecule has 0 radical (unpaired) electrons. The number of hydrogen-bond donors (Lipinski definition) is 1. The van der Waals surface area contributed by atoms with Crippen LogP contribution in [-0.4, -0.2) is 41.3 Å². The summed E-state index contributed by atoms with van der Waals surface area (Å²) < 4.78 is 0. The van der Waals surface area contributed by atoms with Crippen molar-refractivity contribution in [3.05, 3.63) is 29.6 Å². The predicted octanol–water partition coefficient (Wildman–Crippen LogP) is 2.73. The van der Waals surface area contributed by atoms with E-state index in [4.69, 9.17) is 0 Å². The molecule has 1 aromatic rings. The summed E-state index contributed by atoms with van der Waals surface area (Å²) in [5.41, 5.74) is 0.624. The smallest absolute Gasteiger partial charge is 0.272 e. The zero-order chi connectivity index (χ0) is 16.5. The topological polar surface area (TPSA) is 62.3 Å². The first kappa shape index (κ1) is 18.1. The zero-order valence-electron chi connectivity index (χ0n) is 14.1. The summed E-state index contributed by atoms with van der Waals surface area (Å²) in [6, 6.07) is 5.01. The summed E-state index contributed by atoms with van der Waals surface area (Å²) in [7, 11) is 0. The van der Waals surface area contributed by atoms with Crippen molar-refractivity contribution in [2.24, 2.45) is 5.92 Å². The van der Waals surface area contributed by atoms with Crippen molar-refractivity contribution in [2.75, 3.05) is 19.6 Å². The van der Waals surface area contributed by atoms with Crippen molar-refractivity contribution >= 4 is 11.8 Å². The quantitative estimate of drug-likeness (QED) is 0.803. The van der Waals surface area contributed by atoms with Gasteiger partial charge in [-0.2, -0.15) is 0 Å². The van der Waals surface area contributed by atoms with Gasteiger partial charge in [-0.05, 0) is 30.9 Å². The molecule has 1 aromatic heterocycles. The molecular weight excluding hydrogens is 278 g/mol. The van der Waals surface area contributed by atoms with Crippen molar-refractivity contribution in [3.8, 4) is 0 Å². The van der Waals surface area contributed by atoms with Crippen LogP contribution in [0, 0.1) is 5.92 Å². The molecule has 5 heteroatoms. The minimum Gasteiger partial charge on any atom is -0.350 e. The third-order valence-electron chi connectivity index (χ3n) is 3.15. The van der Waals surface area contributed by atoms with Crippen molar-refractivity contribution in [3.63, 3.8) is 0 Å². The van der Waals surface area contributed by atoms with E-state index >= 15 is 0 Å². The number of carbonyl (C=O) groups excluding carboxylic acids is 2. The van der Waals surface area contributed by atoms with Crippen molar-refractivity contribution < 1.29 is 9.59 Å². The fourth-order valence-corrected chi connectivity index (χ4v) is 2.08. The Morgan fingerprint density at radius 2 is 1.73 bits per heavy atom. The number of aromatic nitrogens is 1. The van der Waals surface area contributed by atoms with E-state index in [0.29, 0.717) is 36.9 Å². The highest BCUT2D eigenvalue weighted by molar-refractivity contribution is 5.96. The first-order chi connectivity index (χ1) is 10.5. The number of pyridine rings is 1. The molecule has 0 saturated carbocycles. The molecule has 0 bridgehead atoms. The maximum absolute atomic E-state index is 12.5. The molecule has 0 spiro atoms. The third-order valence-corrected chi connectivity index (χ3v) is 3.15. The molecule has 1 rings (SSSR count). The molecule has 0 aliphatic heterocycles. The molecule has 0 aliphatic carbocycles. The molecule has 122 valence electrons. The number of nitrogens with zero attached hydrogens (tertiary/aromatic N) is 2. The van der Waals surface area contributed by atoms with Gasteiger partial charge in [-0.3, -0.25) is 9.59 Å². The highest BCUT2D eigenvalue weighted by Gasteiger charge is 2.17. The highest BCUT2D eigenvalue weighted by Crippen LogP contribution is 2.06. The number of hydrogen-bond acceptors (Lipinski definition) is 3. The van der Waals surface area contributed by atoms with Crippen LogP contribution in [0.15, 0.2) is 18.2 Å². The van der Waals surface area contributed by atoms with Crippen LogP contribution < -0.4 is 5.32 Å². The van der Waals surface area contributed by atoms with Gasteiger partial charge in [0.1, 0.15) is 11.4 Å². The van der Waals surface area contributed by atoms with Gasteiger partial charge in [0, 0.05) is 19.6 Å². The van der Waals surface area contributed by atoms with Crippen molar-refractivity contribution in [2.45, 2.75) is 40.5 Å². The van der Waals surface area contributed by atoms with Crippen LogP contribution >= 0.6 is 0 Å². The maximum atomic E-state index is 12.5. The molecule has 1 heterocycles. The fourth-order valence-electron chi connectivity index (χ4n) is 2.08. The monoisotopic (exact) mass is 305 g/mol. The summed E-state index contributed by atoms with van der Waals surface area (Å²) in [5, 5.41) is 2.82. The van der Waals surface area contributed by atoms with Gasteiger partial charge >= 0.3 is 0 Å². The lowest BCUT2D eigenvalue weighted by Crippen LogP contribution is -2.34. The second-order valence-electron chi connectivity index (χ2n) is 5.80. The predicted molar refractivity (Wildman–Crippen MR) is 87.9 cm³/mol. The van der Waals surface area contributed by atoms with Crippen molar-refractivity contribution in [1.82, 2.24) is 15.2 Å². The Labute approximate surface area is 133 Å². The van der Waals surface area contributed by atoms with E-state index in [9.17, 15) is 9.59 Å². The fraction of sp³-hybridized carbons (Fsp3) is 0.588. The van der Waals surface area contributed by atoms with Crippen LogP contribution in [0.4, 0.5) is 0 Å². The summed E-state index contributed by atoms with van der Waals surface area (Å²) in [4.78, 5) is 30.6. The van der Waals surface area contributed by atoms with Gasteiger partial charge < -0.3 is 10.2 Å². The summed E-state index contributed by atoms with van der Waals surface area (Å²) in [5.74, 6) is 0.0291. The summed E-state index contributed by atoms with van der Waals surface area (Å²) in [6.45, 7) is 10.1. The normalized spacial score (nSPS) is 10.6. The molecular formula is C17H27N3O2. The van der Waals surface area contributed by atoms with Gasteiger partial charge in [0.25, 0.3) is 11.8 Å². The van der Waals surface area contributed by atoms with E-state index in [2.05, 4.69) is 10.3 Å². The first-order valence-electron chi connectivity index (χ1n) is 8.04. The highest BCUT2D eigenvalue weighted by atomic mass is 16.2. The SMILES string of the molecule is CCCN(CCC)C(=O)c1cccc(C(=O)NCC(C)C)n1. The number of carbonyl (C=O) groups is 2. The molecule has 0 aliphatic rings. The van der Waals surface area contributed by atoms with E-state index in [1.807, 2.05) is 27.7 Å². The third kappa shape index (κ3) is 5.47. The first-order valence-corrected chi connectivity index (χ1v) is 8.04. The number of rotatable bonds is 8. The Bertz CT molecular complexity index is 494. The van der Waals surface area contributed by atoms with Gasteiger partial charge in [-0.15, -0.1) is 0 Å². The van der Waals surface area contributed by atoms with Gasteiger partial charge in [0.15, 0.2) is 0 Å². The Hall–Kier alpha value is -1.91. The van der Waals surface area contributed by atoms with Crippen LogP contribution in [-0.2, 0) is 0 Å². The van der Waals surface area contributed by atoms with E-state index in [1.54, 1.807) is 23.1 Å². The Kier molecular flexibility index (Phi) is 7.57. The van der Waals surface area contributed by atoms with Gasteiger partial charge in [-0.25, -0.2) is 4.98 Å². The molecule has 22 heavy (non-hydrogen) atoms. The Morgan fingerprint density at radius 3 is 2.27 bits per heavy atom. The molecule has 0 atom stereocenters. The standard InChI is InChI=1S/C17H27N3O2/c1-5-10-20(11-6-2)17(22)15-9-7-8-14(19-15)16(21)18-12-13(3)4/h7-9,13H,5-6,10-12H2,1-4H3,(H,18,21). The molecule has 0 aromatic carbocycles.